The van der Waals surface area contributed by atoms with E-state index in [1.165, 1.54) is 103 Å². The lowest BCUT2D eigenvalue weighted by Crippen LogP contribution is -2.23. The number of hydrogen-bond acceptors (Lipinski definition) is 4. The average Bonchev–Trinajstić information content (AvgIpc) is 2.92. The quantitative estimate of drug-likeness (QED) is 0.0702. The van der Waals surface area contributed by atoms with Crippen molar-refractivity contribution in [3.63, 3.8) is 0 Å². The second kappa shape index (κ2) is 28.9. The second-order valence-corrected chi connectivity index (χ2v) is 11.5. The fourth-order valence-corrected chi connectivity index (χ4v) is 5.26. The molecule has 0 saturated carbocycles. The molecule has 0 bridgehead atoms. The number of ether oxygens (including phenoxy) is 2. The first-order chi connectivity index (χ1) is 18.6. The Labute approximate surface area is 237 Å². The third-order valence-electron chi connectivity index (χ3n) is 7.86. The Balaban J connectivity index is 4.48. The molecule has 0 aromatic rings. The lowest BCUT2D eigenvalue weighted by Gasteiger charge is -2.18. The summed E-state index contributed by atoms with van der Waals surface area (Å²) < 4.78 is 11.2. The second-order valence-electron chi connectivity index (χ2n) is 11.5. The van der Waals surface area contributed by atoms with E-state index in [4.69, 9.17) is 9.47 Å². The van der Waals surface area contributed by atoms with Crippen molar-refractivity contribution in [1.29, 1.82) is 0 Å². The van der Waals surface area contributed by atoms with Crippen molar-refractivity contribution in [2.75, 3.05) is 13.2 Å². The highest BCUT2D eigenvalue weighted by Crippen LogP contribution is 2.22. The van der Waals surface area contributed by atoms with Crippen LogP contribution in [0.25, 0.3) is 0 Å². The third kappa shape index (κ3) is 22.9. The van der Waals surface area contributed by atoms with Gasteiger partial charge in [-0.2, -0.15) is 0 Å². The third-order valence-corrected chi connectivity index (χ3v) is 7.86. The molecule has 2 unspecified atom stereocenters. The minimum Gasteiger partial charge on any atom is -0.462 e. The molecule has 0 saturated heterocycles. The van der Waals surface area contributed by atoms with E-state index in [2.05, 4.69) is 27.7 Å². The zero-order chi connectivity index (χ0) is 28.1. The molecule has 0 aliphatic carbocycles. The normalized spacial score (nSPS) is 12.8. The minimum atomic E-state index is -0.0886. The van der Waals surface area contributed by atoms with E-state index in [9.17, 15) is 9.59 Å². The van der Waals surface area contributed by atoms with E-state index in [-0.39, 0.29) is 37.0 Å². The van der Waals surface area contributed by atoms with Crippen LogP contribution in [0.2, 0.25) is 0 Å². The zero-order valence-corrected chi connectivity index (χ0v) is 26.2. The predicted octanol–water partition coefficient (Wildman–Crippen LogP) is 10.7. The maximum Gasteiger partial charge on any atom is 0.309 e. The van der Waals surface area contributed by atoms with Gasteiger partial charge in [-0.05, 0) is 25.7 Å². The van der Waals surface area contributed by atoms with Gasteiger partial charge < -0.3 is 9.47 Å². The summed E-state index contributed by atoms with van der Waals surface area (Å²) in [6.07, 6.45) is 28.0. The van der Waals surface area contributed by atoms with Crippen molar-refractivity contribution in [3.05, 3.63) is 0 Å². The first kappa shape index (κ1) is 36.9. The van der Waals surface area contributed by atoms with E-state index in [1.54, 1.807) is 0 Å². The van der Waals surface area contributed by atoms with Crippen LogP contribution in [0.3, 0.4) is 0 Å². The molecular weight excluding hydrogens is 472 g/mol. The molecule has 0 N–H and O–H groups in total. The molecule has 38 heavy (non-hydrogen) atoms. The zero-order valence-electron chi connectivity index (χ0n) is 26.2. The number of carbonyl (C=O) groups excluding carboxylic acids is 2. The molecule has 0 spiro atoms. The van der Waals surface area contributed by atoms with E-state index in [0.717, 1.165) is 51.4 Å². The molecule has 0 fully saturated rings. The number of esters is 2. The van der Waals surface area contributed by atoms with Gasteiger partial charge in [-0.25, -0.2) is 0 Å². The van der Waals surface area contributed by atoms with Gasteiger partial charge in [0.1, 0.15) is 13.2 Å². The smallest absolute Gasteiger partial charge is 0.309 e. The molecule has 4 heteroatoms. The Bertz CT molecular complexity index is 473. The summed E-state index contributed by atoms with van der Waals surface area (Å²) in [6, 6.07) is 0. The van der Waals surface area contributed by atoms with Gasteiger partial charge in [0, 0.05) is 0 Å². The molecule has 0 aliphatic rings. The molecule has 4 nitrogen and oxygen atoms in total. The Morgan fingerprint density at radius 1 is 0.395 bits per heavy atom. The Morgan fingerprint density at radius 2 is 0.632 bits per heavy atom. The minimum absolute atomic E-state index is 0.00671. The van der Waals surface area contributed by atoms with Crippen LogP contribution < -0.4 is 0 Å². The van der Waals surface area contributed by atoms with E-state index in [1.807, 2.05) is 0 Å². The van der Waals surface area contributed by atoms with E-state index >= 15 is 0 Å². The molecule has 0 aromatic heterocycles. The van der Waals surface area contributed by atoms with E-state index < -0.39 is 0 Å². The highest BCUT2D eigenvalue weighted by Gasteiger charge is 2.21. The maximum absolute atomic E-state index is 12.8. The molecule has 0 aromatic carbocycles. The lowest BCUT2D eigenvalue weighted by molar-refractivity contribution is -0.158. The summed E-state index contributed by atoms with van der Waals surface area (Å²) in [4.78, 5) is 25.7. The first-order valence-electron chi connectivity index (χ1n) is 16.9. The Morgan fingerprint density at radius 3 is 0.921 bits per heavy atom. The van der Waals surface area contributed by atoms with Crippen LogP contribution in [-0.4, -0.2) is 25.2 Å². The summed E-state index contributed by atoms with van der Waals surface area (Å²) in [6.45, 7) is 9.28. The van der Waals surface area contributed by atoms with Gasteiger partial charge >= 0.3 is 11.9 Å². The van der Waals surface area contributed by atoms with Gasteiger partial charge in [0.2, 0.25) is 0 Å². The Hall–Kier alpha value is -1.06. The highest BCUT2D eigenvalue weighted by atomic mass is 16.6. The van der Waals surface area contributed by atoms with Crippen molar-refractivity contribution in [1.82, 2.24) is 0 Å². The Kier molecular flexibility index (Phi) is 28.1. The average molecular weight is 539 g/mol. The number of carbonyl (C=O) groups is 2. The van der Waals surface area contributed by atoms with Crippen molar-refractivity contribution >= 4 is 11.9 Å². The van der Waals surface area contributed by atoms with Crippen LogP contribution in [-0.2, 0) is 19.1 Å². The molecule has 226 valence electrons. The van der Waals surface area contributed by atoms with Gasteiger partial charge in [-0.15, -0.1) is 0 Å². The highest BCUT2D eigenvalue weighted by molar-refractivity contribution is 5.73. The van der Waals surface area contributed by atoms with Gasteiger partial charge in [0.15, 0.2) is 0 Å². The fraction of sp³-hybridized carbons (Fsp3) is 0.941. The summed E-state index contributed by atoms with van der Waals surface area (Å²) in [5, 5.41) is 0. The monoisotopic (exact) mass is 538 g/mol. The molecule has 2 atom stereocenters. The van der Waals surface area contributed by atoms with Crippen LogP contribution in [0, 0.1) is 11.8 Å². The first-order valence-corrected chi connectivity index (χ1v) is 16.9. The number of hydrogen-bond donors (Lipinski definition) is 0. The van der Waals surface area contributed by atoms with Gasteiger partial charge in [-0.1, -0.05) is 156 Å². The molecule has 0 aliphatic heterocycles. The maximum atomic E-state index is 12.8. The largest absolute Gasteiger partial charge is 0.462 e. The summed E-state index contributed by atoms with van der Waals surface area (Å²) >= 11 is 0. The summed E-state index contributed by atoms with van der Waals surface area (Å²) in [7, 11) is 0. The van der Waals surface area contributed by atoms with Crippen LogP contribution in [0.5, 0.6) is 0 Å². The standard InChI is InChI=1S/C34H66O4/c1-5-9-13-17-19-23-27-31(25-21-15-11-7-3)33(35)37-29-30-38-34(36)32(26-22-16-12-8-4)28-24-20-18-14-10-6-2/h31-32H,5-30H2,1-4H3. The van der Waals surface area contributed by atoms with Gasteiger partial charge in [-0.3, -0.25) is 9.59 Å². The topological polar surface area (TPSA) is 52.6 Å². The summed E-state index contributed by atoms with van der Waals surface area (Å²) in [5.74, 6) is -0.191. The molecule has 0 rings (SSSR count). The van der Waals surface area contributed by atoms with Gasteiger partial charge in [0.05, 0.1) is 11.8 Å². The van der Waals surface area contributed by atoms with Crippen molar-refractivity contribution in [2.45, 2.75) is 182 Å². The van der Waals surface area contributed by atoms with Crippen molar-refractivity contribution < 1.29 is 19.1 Å². The fourth-order valence-electron chi connectivity index (χ4n) is 5.26. The van der Waals surface area contributed by atoms with Crippen molar-refractivity contribution in [2.24, 2.45) is 11.8 Å². The SMILES string of the molecule is CCCCCCCCC(CCCCCC)C(=O)OCCOC(=O)C(CCCCCC)CCCCCCCC. The predicted molar refractivity (Wildman–Crippen MR) is 162 cm³/mol. The van der Waals surface area contributed by atoms with Crippen LogP contribution in [0.1, 0.15) is 182 Å². The molecule has 0 radical (unpaired) electrons. The lowest BCUT2D eigenvalue weighted by atomic mass is 9.94. The number of rotatable bonds is 29. The van der Waals surface area contributed by atoms with Crippen LogP contribution in [0.15, 0.2) is 0 Å². The van der Waals surface area contributed by atoms with Gasteiger partial charge in [0.25, 0.3) is 0 Å². The summed E-state index contributed by atoms with van der Waals surface area (Å²) in [5.41, 5.74) is 0. The number of unbranched alkanes of at least 4 members (excludes halogenated alkanes) is 16. The van der Waals surface area contributed by atoms with Crippen LogP contribution >= 0.6 is 0 Å². The molecule has 0 amide bonds. The van der Waals surface area contributed by atoms with Crippen LogP contribution in [0.4, 0.5) is 0 Å². The van der Waals surface area contributed by atoms with E-state index in [0.29, 0.717) is 0 Å². The molecular formula is C34H66O4. The van der Waals surface area contributed by atoms with Crippen molar-refractivity contribution in [3.8, 4) is 0 Å². The molecule has 0 heterocycles.